The Balaban J connectivity index is 1.85. The summed E-state index contributed by atoms with van der Waals surface area (Å²) in [5, 5.41) is 7.33. The first-order valence-corrected chi connectivity index (χ1v) is 7.39. The van der Waals surface area contributed by atoms with Gasteiger partial charge in [-0.2, -0.15) is 11.3 Å². The van der Waals surface area contributed by atoms with Gasteiger partial charge in [-0.25, -0.2) is 4.39 Å². The molecule has 1 aromatic carbocycles. The molecule has 0 spiro atoms. The highest BCUT2D eigenvalue weighted by molar-refractivity contribution is 7.08. The maximum Gasteiger partial charge on any atom is 0.238 e. The topological polar surface area (TPSA) is 32.3 Å². The molecule has 1 aliphatic heterocycles. The van der Waals surface area contributed by atoms with E-state index < -0.39 is 0 Å². The van der Waals surface area contributed by atoms with Gasteiger partial charge >= 0.3 is 0 Å². The third-order valence-corrected chi connectivity index (χ3v) is 4.48. The van der Waals surface area contributed by atoms with Gasteiger partial charge in [0.05, 0.1) is 6.54 Å². The minimum absolute atomic E-state index is 0.0740. The number of carbonyl (C=O) groups excluding carboxylic acids is 1. The van der Waals surface area contributed by atoms with Crippen molar-refractivity contribution in [1.82, 2.24) is 10.2 Å². The maximum absolute atomic E-state index is 13.0. The Labute approximate surface area is 121 Å². The van der Waals surface area contributed by atoms with Gasteiger partial charge in [0.15, 0.2) is 0 Å². The lowest BCUT2D eigenvalue weighted by atomic mass is 10.1. The fraction of sp³-hybridized carbons (Fsp3) is 0.267. The zero-order chi connectivity index (χ0) is 14.1. The Kier molecular flexibility index (Phi) is 3.54. The zero-order valence-corrected chi connectivity index (χ0v) is 11.9. The average Bonchev–Trinajstić information content (AvgIpc) is 3.00. The van der Waals surface area contributed by atoms with E-state index in [0.29, 0.717) is 13.1 Å². The number of amides is 1. The van der Waals surface area contributed by atoms with Crippen molar-refractivity contribution in [2.24, 2.45) is 0 Å². The van der Waals surface area contributed by atoms with Gasteiger partial charge in [-0.05, 0) is 46.5 Å². The van der Waals surface area contributed by atoms with Gasteiger partial charge in [0.1, 0.15) is 12.0 Å². The summed E-state index contributed by atoms with van der Waals surface area (Å²) in [6, 6.07) is 6.29. The lowest BCUT2D eigenvalue weighted by Gasteiger charge is -2.24. The van der Waals surface area contributed by atoms with Gasteiger partial charge in [-0.1, -0.05) is 12.1 Å². The number of carbonyl (C=O) groups is 1. The van der Waals surface area contributed by atoms with Crippen LogP contribution in [0.15, 0.2) is 35.0 Å². The van der Waals surface area contributed by atoms with Crippen molar-refractivity contribution in [2.45, 2.75) is 19.6 Å². The number of hydrogen-bond donors (Lipinski definition) is 1. The molecule has 1 unspecified atom stereocenters. The summed E-state index contributed by atoms with van der Waals surface area (Å²) in [5.74, 6) is -0.191. The molecular weight excluding hydrogens is 275 g/mol. The van der Waals surface area contributed by atoms with E-state index >= 15 is 0 Å². The molecule has 0 saturated carbocycles. The van der Waals surface area contributed by atoms with Crippen molar-refractivity contribution in [3.63, 3.8) is 0 Å². The second kappa shape index (κ2) is 5.34. The predicted molar refractivity (Wildman–Crippen MR) is 76.7 cm³/mol. The molecule has 2 aromatic rings. The third-order valence-electron chi connectivity index (χ3n) is 3.57. The highest BCUT2D eigenvalue weighted by atomic mass is 32.1. The number of aryl methyl sites for hydroxylation is 1. The Morgan fingerprint density at radius 2 is 2.10 bits per heavy atom. The Hall–Kier alpha value is -1.72. The van der Waals surface area contributed by atoms with Crippen molar-refractivity contribution in [2.75, 3.05) is 6.54 Å². The monoisotopic (exact) mass is 290 g/mol. The summed E-state index contributed by atoms with van der Waals surface area (Å²) in [6.45, 7) is 2.96. The zero-order valence-electron chi connectivity index (χ0n) is 11.1. The first-order valence-electron chi connectivity index (χ1n) is 6.45. The minimum Gasteiger partial charge on any atom is -0.317 e. The molecule has 20 heavy (non-hydrogen) atoms. The van der Waals surface area contributed by atoms with Gasteiger partial charge < -0.3 is 4.90 Å². The first-order chi connectivity index (χ1) is 9.65. The van der Waals surface area contributed by atoms with Crippen molar-refractivity contribution < 1.29 is 9.18 Å². The smallest absolute Gasteiger partial charge is 0.238 e. The summed E-state index contributed by atoms with van der Waals surface area (Å²) in [7, 11) is 0. The predicted octanol–water partition coefficient (Wildman–Crippen LogP) is 2.83. The molecular formula is C15H15FN2OS. The normalized spacial score (nSPS) is 18.8. The third kappa shape index (κ3) is 2.46. The van der Waals surface area contributed by atoms with Crippen LogP contribution in [0.25, 0.3) is 0 Å². The number of nitrogens with zero attached hydrogens (tertiary/aromatic N) is 1. The molecule has 2 heterocycles. The van der Waals surface area contributed by atoms with E-state index in [4.69, 9.17) is 0 Å². The number of nitrogens with one attached hydrogen (secondary N) is 1. The summed E-state index contributed by atoms with van der Waals surface area (Å²) < 4.78 is 13.0. The molecule has 1 N–H and O–H groups in total. The van der Waals surface area contributed by atoms with Crippen LogP contribution in [0.5, 0.6) is 0 Å². The average molecular weight is 290 g/mol. The fourth-order valence-corrected chi connectivity index (χ4v) is 3.24. The molecule has 1 fully saturated rings. The van der Waals surface area contributed by atoms with Crippen LogP contribution in [0.1, 0.15) is 22.9 Å². The number of thiophene rings is 1. The molecule has 1 aliphatic rings. The quantitative estimate of drug-likeness (QED) is 0.942. The standard InChI is InChI=1S/C15H15FN2OS/c1-10-8-20-9-12(10)7-18-14(19)6-17-15(18)11-2-4-13(16)5-3-11/h2-5,8-9,15,17H,6-7H2,1H3. The van der Waals surface area contributed by atoms with Crippen LogP contribution in [0.3, 0.4) is 0 Å². The minimum atomic E-state index is -0.265. The lowest BCUT2D eigenvalue weighted by Crippen LogP contribution is -2.29. The second-order valence-electron chi connectivity index (χ2n) is 4.94. The van der Waals surface area contributed by atoms with Gasteiger partial charge in [0, 0.05) is 6.54 Å². The summed E-state index contributed by atoms with van der Waals surface area (Å²) in [6.07, 6.45) is -0.178. The highest BCUT2D eigenvalue weighted by Gasteiger charge is 2.31. The van der Waals surface area contributed by atoms with E-state index in [2.05, 4.69) is 16.1 Å². The van der Waals surface area contributed by atoms with Crippen molar-refractivity contribution >= 4 is 17.2 Å². The van der Waals surface area contributed by atoms with E-state index in [0.717, 1.165) is 5.56 Å². The number of hydrogen-bond acceptors (Lipinski definition) is 3. The molecule has 1 aromatic heterocycles. The first kappa shape index (κ1) is 13.3. The summed E-state index contributed by atoms with van der Waals surface area (Å²) in [5.41, 5.74) is 3.27. The molecule has 3 nitrogen and oxygen atoms in total. The summed E-state index contributed by atoms with van der Waals surface area (Å²) in [4.78, 5) is 13.9. The van der Waals surface area contributed by atoms with Crippen molar-refractivity contribution in [3.8, 4) is 0 Å². The Morgan fingerprint density at radius 3 is 2.75 bits per heavy atom. The molecule has 1 saturated heterocycles. The largest absolute Gasteiger partial charge is 0.317 e. The molecule has 3 rings (SSSR count). The summed E-state index contributed by atoms with van der Waals surface area (Å²) >= 11 is 1.64. The van der Waals surface area contributed by atoms with Crippen LogP contribution in [0.2, 0.25) is 0 Å². The molecule has 0 aliphatic carbocycles. The van der Waals surface area contributed by atoms with Gasteiger partial charge in [-0.15, -0.1) is 0 Å². The SMILES string of the molecule is Cc1cscc1CN1C(=O)CNC1c1ccc(F)cc1. The van der Waals surface area contributed by atoms with E-state index in [1.807, 2.05) is 11.8 Å². The number of benzene rings is 1. The molecule has 1 atom stereocenters. The van der Waals surface area contributed by atoms with E-state index in [9.17, 15) is 9.18 Å². The highest BCUT2D eigenvalue weighted by Crippen LogP contribution is 2.26. The van der Waals surface area contributed by atoms with Crippen LogP contribution in [-0.2, 0) is 11.3 Å². The number of rotatable bonds is 3. The maximum atomic E-state index is 13.0. The van der Waals surface area contributed by atoms with Crippen LogP contribution in [0.4, 0.5) is 4.39 Å². The molecule has 0 radical (unpaired) electrons. The van der Waals surface area contributed by atoms with Crippen LogP contribution >= 0.6 is 11.3 Å². The second-order valence-corrected chi connectivity index (χ2v) is 5.68. The molecule has 104 valence electrons. The van der Waals surface area contributed by atoms with E-state index in [1.54, 1.807) is 23.5 Å². The number of halogens is 1. The molecule has 0 bridgehead atoms. The van der Waals surface area contributed by atoms with Gasteiger partial charge in [-0.3, -0.25) is 10.1 Å². The Bertz CT molecular complexity index is 623. The van der Waals surface area contributed by atoms with Crippen LogP contribution in [-0.4, -0.2) is 17.4 Å². The van der Waals surface area contributed by atoms with E-state index in [1.165, 1.54) is 23.3 Å². The fourth-order valence-electron chi connectivity index (χ4n) is 2.39. The van der Waals surface area contributed by atoms with E-state index in [-0.39, 0.29) is 17.9 Å². The van der Waals surface area contributed by atoms with Crippen LogP contribution < -0.4 is 5.32 Å². The molecule has 1 amide bonds. The lowest BCUT2D eigenvalue weighted by molar-refractivity contribution is -0.128. The molecule has 5 heteroatoms. The van der Waals surface area contributed by atoms with Crippen LogP contribution in [0, 0.1) is 12.7 Å². The Morgan fingerprint density at radius 1 is 1.35 bits per heavy atom. The van der Waals surface area contributed by atoms with Crippen molar-refractivity contribution in [1.29, 1.82) is 0 Å². The van der Waals surface area contributed by atoms with Gasteiger partial charge in [0.25, 0.3) is 0 Å². The van der Waals surface area contributed by atoms with Gasteiger partial charge in [0.2, 0.25) is 5.91 Å². The van der Waals surface area contributed by atoms with Crippen molar-refractivity contribution in [3.05, 3.63) is 57.5 Å².